The molecule has 0 fully saturated rings. The van der Waals surface area contributed by atoms with E-state index in [-0.39, 0.29) is 35.7 Å². The van der Waals surface area contributed by atoms with Gasteiger partial charge in [0.1, 0.15) is 0 Å². The number of aryl methyl sites for hydroxylation is 1. The van der Waals surface area contributed by atoms with Crippen LogP contribution in [-0.2, 0) is 34.9 Å². The highest BCUT2D eigenvalue weighted by atomic mass is 32.2. The Balaban J connectivity index is 2.26. The number of halogens is 3. The van der Waals surface area contributed by atoms with Gasteiger partial charge in [-0.25, -0.2) is 18.7 Å². The van der Waals surface area contributed by atoms with E-state index in [9.17, 15) is 31.2 Å². The summed E-state index contributed by atoms with van der Waals surface area (Å²) in [5.74, 6) is -4.61. The van der Waals surface area contributed by atoms with Gasteiger partial charge in [-0.3, -0.25) is 19.8 Å². The van der Waals surface area contributed by atoms with Gasteiger partial charge in [-0.2, -0.15) is 13.2 Å². The van der Waals surface area contributed by atoms with Crippen LogP contribution in [0.4, 0.5) is 18.9 Å². The van der Waals surface area contributed by atoms with Crippen molar-refractivity contribution in [2.75, 3.05) is 17.9 Å². The standard InChI is InChI=1S/C21H24F3N5O6S/c1-13-7-8-15(29-36(32,33)12-14-5-3-2-4-6-14)11-16(13)17(35-19(31)21(22,23)24)18(30)27-9-10-34-28-20(25)26/h2-8,11,17,29H,9-10,12H2,1H3,(H,27,30)(H4,25,26,28). The number of nitrogens with two attached hydrogens (primary N) is 1. The number of benzene rings is 2. The molecule has 11 nitrogen and oxygen atoms in total. The number of carbonyl (C=O) groups is 2. The first-order valence-corrected chi connectivity index (χ1v) is 11.9. The van der Waals surface area contributed by atoms with Crippen LogP contribution >= 0.6 is 0 Å². The number of hydroxylamine groups is 1. The second-order valence-electron chi connectivity index (χ2n) is 7.36. The van der Waals surface area contributed by atoms with Crippen molar-refractivity contribution in [2.45, 2.75) is 25.0 Å². The highest BCUT2D eigenvalue weighted by Crippen LogP contribution is 2.29. The summed E-state index contributed by atoms with van der Waals surface area (Å²) in [5, 5.41) is 9.18. The van der Waals surface area contributed by atoms with Gasteiger partial charge in [-0.15, -0.1) is 0 Å². The van der Waals surface area contributed by atoms with Crippen molar-refractivity contribution in [3.05, 3.63) is 65.2 Å². The summed E-state index contributed by atoms with van der Waals surface area (Å²) >= 11 is 0. The van der Waals surface area contributed by atoms with E-state index in [1.54, 1.807) is 30.3 Å². The van der Waals surface area contributed by atoms with Crippen molar-refractivity contribution < 1.29 is 40.8 Å². The number of carbonyl (C=O) groups excluding carboxylic acids is 2. The molecular weight excluding hydrogens is 507 g/mol. The first-order chi connectivity index (χ1) is 16.8. The number of esters is 1. The normalized spacial score (nSPS) is 12.3. The number of hydrogen-bond acceptors (Lipinski definition) is 7. The van der Waals surface area contributed by atoms with Gasteiger partial charge in [-0.05, 0) is 30.2 Å². The van der Waals surface area contributed by atoms with Crippen LogP contribution in [0.25, 0.3) is 0 Å². The number of amides is 1. The molecule has 6 N–H and O–H groups in total. The Morgan fingerprint density at radius 3 is 2.42 bits per heavy atom. The lowest BCUT2D eigenvalue weighted by Gasteiger charge is -2.21. The van der Waals surface area contributed by atoms with Crippen LogP contribution in [0.2, 0.25) is 0 Å². The highest BCUT2D eigenvalue weighted by molar-refractivity contribution is 7.91. The van der Waals surface area contributed by atoms with Crippen LogP contribution in [-0.4, -0.2) is 45.6 Å². The molecule has 0 bridgehead atoms. The fourth-order valence-corrected chi connectivity index (χ4v) is 4.06. The zero-order valence-corrected chi connectivity index (χ0v) is 19.7. The van der Waals surface area contributed by atoms with Crippen LogP contribution in [0.15, 0.2) is 48.5 Å². The van der Waals surface area contributed by atoms with E-state index < -0.39 is 40.1 Å². The fraction of sp³-hybridized carbons (Fsp3) is 0.286. The number of hydrogen-bond donors (Lipinski definition) is 5. The Morgan fingerprint density at radius 2 is 1.81 bits per heavy atom. The second kappa shape index (κ2) is 12.2. The van der Waals surface area contributed by atoms with E-state index in [0.29, 0.717) is 5.56 Å². The van der Waals surface area contributed by atoms with Gasteiger partial charge in [0.15, 0.2) is 0 Å². The Morgan fingerprint density at radius 1 is 1.14 bits per heavy atom. The van der Waals surface area contributed by atoms with Crippen molar-refractivity contribution in [1.82, 2.24) is 10.8 Å². The smallest absolute Gasteiger partial charge is 0.441 e. The third-order valence-corrected chi connectivity index (χ3v) is 5.67. The number of guanidine groups is 1. The van der Waals surface area contributed by atoms with Crippen LogP contribution < -0.4 is 21.3 Å². The molecule has 0 spiro atoms. The van der Waals surface area contributed by atoms with Gasteiger partial charge in [0.25, 0.3) is 5.91 Å². The highest BCUT2D eigenvalue weighted by Gasteiger charge is 2.44. The van der Waals surface area contributed by atoms with Gasteiger partial charge in [-0.1, -0.05) is 36.4 Å². The monoisotopic (exact) mass is 531 g/mol. The zero-order chi connectivity index (χ0) is 26.9. The summed E-state index contributed by atoms with van der Waals surface area (Å²) in [6.45, 7) is 0.963. The van der Waals surface area contributed by atoms with Crippen molar-refractivity contribution in [3.63, 3.8) is 0 Å². The largest absolute Gasteiger partial charge is 0.490 e. The Labute approximate surface area is 204 Å². The molecule has 0 heterocycles. The molecule has 36 heavy (non-hydrogen) atoms. The molecule has 0 aliphatic carbocycles. The molecule has 0 aliphatic rings. The molecule has 0 aliphatic heterocycles. The lowest BCUT2D eigenvalue weighted by molar-refractivity contribution is -0.205. The summed E-state index contributed by atoms with van der Waals surface area (Å²) in [6, 6.07) is 12.1. The maximum Gasteiger partial charge on any atom is 0.490 e. The molecule has 0 saturated carbocycles. The lowest BCUT2D eigenvalue weighted by atomic mass is 10.0. The summed E-state index contributed by atoms with van der Waals surface area (Å²) in [6.07, 6.45) is -7.44. The maximum atomic E-state index is 12.9. The quantitative estimate of drug-likeness (QED) is 0.0956. The van der Waals surface area contributed by atoms with E-state index in [2.05, 4.69) is 14.8 Å². The zero-order valence-electron chi connectivity index (χ0n) is 18.9. The molecule has 15 heteroatoms. The molecule has 0 radical (unpaired) electrons. The predicted molar refractivity (Wildman–Crippen MR) is 123 cm³/mol. The molecule has 1 amide bonds. The number of sulfonamides is 1. The third-order valence-electron chi connectivity index (χ3n) is 4.41. The van der Waals surface area contributed by atoms with Crippen molar-refractivity contribution in [3.8, 4) is 0 Å². The van der Waals surface area contributed by atoms with Crippen LogP contribution in [0.1, 0.15) is 22.8 Å². The molecule has 2 aromatic carbocycles. The minimum Gasteiger partial charge on any atom is -0.441 e. The SMILES string of the molecule is Cc1ccc(NS(=O)(=O)Cc2ccccc2)cc1C(OC(=O)C(F)(F)F)C(=O)NCCONC(=N)N. The van der Waals surface area contributed by atoms with E-state index in [4.69, 9.17) is 16.0 Å². The Bertz CT molecular complexity index is 1190. The number of nitrogens with one attached hydrogen (secondary N) is 4. The van der Waals surface area contributed by atoms with Crippen LogP contribution in [0.5, 0.6) is 0 Å². The third kappa shape index (κ3) is 9.07. The maximum absolute atomic E-state index is 12.9. The van der Waals surface area contributed by atoms with Crippen LogP contribution in [0.3, 0.4) is 0 Å². The van der Waals surface area contributed by atoms with Gasteiger partial charge < -0.3 is 15.8 Å². The molecule has 0 aromatic heterocycles. The van der Waals surface area contributed by atoms with Gasteiger partial charge >= 0.3 is 12.1 Å². The molecule has 1 unspecified atom stereocenters. The molecule has 1 atom stereocenters. The van der Waals surface area contributed by atoms with E-state index >= 15 is 0 Å². The van der Waals surface area contributed by atoms with E-state index in [1.165, 1.54) is 19.1 Å². The molecule has 2 rings (SSSR count). The average Bonchev–Trinajstić information content (AvgIpc) is 2.77. The summed E-state index contributed by atoms with van der Waals surface area (Å²) in [5.41, 5.74) is 7.54. The first-order valence-electron chi connectivity index (χ1n) is 10.2. The Kier molecular flexibility index (Phi) is 9.63. The first kappa shape index (κ1) is 28.4. The van der Waals surface area contributed by atoms with Gasteiger partial charge in [0.05, 0.1) is 12.4 Å². The second-order valence-corrected chi connectivity index (χ2v) is 9.08. The molecule has 196 valence electrons. The fourth-order valence-electron chi connectivity index (χ4n) is 2.87. The number of rotatable bonds is 11. The van der Waals surface area contributed by atoms with E-state index in [0.717, 1.165) is 6.07 Å². The molecule has 0 saturated heterocycles. The number of anilines is 1. The molecule has 2 aromatic rings. The minimum atomic E-state index is -5.38. The van der Waals surface area contributed by atoms with Crippen molar-refractivity contribution in [2.24, 2.45) is 5.73 Å². The number of alkyl halides is 3. The summed E-state index contributed by atoms with van der Waals surface area (Å²) in [7, 11) is -3.93. The number of ether oxygens (including phenoxy) is 1. The lowest BCUT2D eigenvalue weighted by Crippen LogP contribution is -2.38. The van der Waals surface area contributed by atoms with Crippen LogP contribution in [0, 0.1) is 12.3 Å². The summed E-state index contributed by atoms with van der Waals surface area (Å²) < 4.78 is 70.5. The topological polar surface area (TPSA) is 173 Å². The van der Waals surface area contributed by atoms with Gasteiger partial charge in [0, 0.05) is 17.8 Å². The minimum absolute atomic E-state index is 0.0543. The summed E-state index contributed by atoms with van der Waals surface area (Å²) in [4.78, 5) is 28.9. The molecular formula is C21H24F3N5O6S. The van der Waals surface area contributed by atoms with Gasteiger partial charge in [0.2, 0.25) is 22.1 Å². The predicted octanol–water partition coefficient (Wildman–Crippen LogP) is 1.61. The van der Waals surface area contributed by atoms with E-state index in [1.807, 2.05) is 5.48 Å². The average molecular weight is 532 g/mol. The Hall–Kier alpha value is -3.85. The van der Waals surface area contributed by atoms with Crippen molar-refractivity contribution >= 4 is 33.5 Å². The van der Waals surface area contributed by atoms with Crippen molar-refractivity contribution in [1.29, 1.82) is 5.41 Å².